The minimum absolute atomic E-state index is 0.0527. The average Bonchev–Trinajstić information content (AvgIpc) is 2.36. The molecule has 124 valence electrons. The molecule has 1 aromatic carbocycles. The predicted octanol–water partition coefficient (Wildman–Crippen LogP) is 2.94. The van der Waals surface area contributed by atoms with Crippen LogP contribution in [0, 0.1) is 18.3 Å². The number of aliphatic hydroxyl groups excluding tert-OH is 1. The molecule has 3 unspecified atom stereocenters. The van der Waals surface area contributed by atoms with Crippen LogP contribution in [0.15, 0.2) is 24.3 Å². The number of rotatable bonds is 4. The van der Waals surface area contributed by atoms with Crippen molar-refractivity contribution >= 4 is 0 Å². The van der Waals surface area contributed by atoms with Crippen LogP contribution < -0.4 is 5.73 Å². The zero-order chi connectivity index (χ0) is 16.3. The Morgan fingerprint density at radius 2 is 2.05 bits per heavy atom. The standard InChI is InChI=1S/C19H32N2O/c1-14-6-5-7-15(8-14)11-21-12-16(9-17(20)13-21)10-18(22)19(2,3)4/h5-8,16-18,22H,9-13,20H2,1-4H3. The molecule has 2 rings (SSSR count). The summed E-state index contributed by atoms with van der Waals surface area (Å²) in [4.78, 5) is 2.45. The number of hydrogen-bond donors (Lipinski definition) is 2. The van der Waals surface area contributed by atoms with Crippen molar-refractivity contribution in [2.24, 2.45) is 17.1 Å². The van der Waals surface area contributed by atoms with E-state index in [1.54, 1.807) is 0 Å². The Balaban J connectivity index is 1.96. The molecule has 3 nitrogen and oxygen atoms in total. The second kappa shape index (κ2) is 7.12. The molecule has 0 radical (unpaired) electrons. The highest BCUT2D eigenvalue weighted by Crippen LogP contribution is 2.29. The normalized spacial score (nSPS) is 25.2. The molecular weight excluding hydrogens is 272 g/mol. The van der Waals surface area contributed by atoms with Gasteiger partial charge in [0.15, 0.2) is 0 Å². The second-order valence-electron chi connectivity index (χ2n) is 8.16. The number of aryl methyl sites for hydroxylation is 1. The molecule has 1 aliphatic rings. The van der Waals surface area contributed by atoms with Gasteiger partial charge in [-0.3, -0.25) is 4.90 Å². The van der Waals surface area contributed by atoms with Gasteiger partial charge in [0.05, 0.1) is 6.10 Å². The Morgan fingerprint density at radius 1 is 1.32 bits per heavy atom. The Hall–Kier alpha value is -0.900. The average molecular weight is 304 g/mol. The highest BCUT2D eigenvalue weighted by Gasteiger charge is 2.30. The zero-order valence-corrected chi connectivity index (χ0v) is 14.5. The van der Waals surface area contributed by atoms with E-state index in [9.17, 15) is 5.11 Å². The summed E-state index contributed by atoms with van der Waals surface area (Å²) in [6.45, 7) is 11.4. The van der Waals surface area contributed by atoms with Crippen molar-refractivity contribution in [3.8, 4) is 0 Å². The SMILES string of the molecule is Cc1cccc(CN2CC(N)CC(CC(O)C(C)(C)C)C2)c1. The third-order valence-electron chi connectivity index (χ3n) is 4.69. The van der Waals surface area contributed by atoms with Gasteiger partial charge in [0.25, 0.3) is 0 Å². The van der Waals surface area contributed by atoms with Gasteiger partial charge in [-0.25, -0.2) is 0 Å². The molecule has 3 atom stereocenters. The van der Waals surface area contributed by atoms with Crippen molar-refractivity contribution in [3.63, 3.8) is 0 Å². The molecule has 0 aromatic heterocycles. The first kappa shape index (κ1) is 17.5. The maximum absolute atomic E-state index is 10.4. The molecule has 0 saturated carbocycles. The first-order valence-corrected chi connectivity index (χ1v) is 8.45. The minimum atomic E-state index is -0.261. The molecule has 0 bridgehead atoms. The van der Waals surface area contributed by atoms with E-state index in [0.29, 0.717) is 5.92 Å². The largest absolute Gasteiger partial charge is 0.393 e. The van der Waals surface area contributed by atoms with E-state index in [-0.39, 0.29) is 17.6 Å². The first-order chi connectivity index (χ1) is 10.2. The van der Waals surface area contributed by atoms with E-state index in [2.05, 4.69) is 56.9 Å². The van der Waals surface area contributed by atoms with Gasteiger partial charge >= 0.3 is 0 Å². The lowest BCUT2D eigenvalue weighted by Crippen LogP contribution is -2.47. The number of likely N-dealkylation sites (tertiary alicyclic amines) is 1. The highest BCUT2D eigenvalue weighted by molar-refractivity contribution is 5.22. The van der Waals surface area contributed by atoms with Crippen LogP contribution in [-0.2, 0) is 6.54 Å². The summed E-state index contributed by atoms with van der Waals surface area (Å²) in [5.74, 6) is 0.489. The zero-order valence-electron chi connectivity index (χ0n) is 14.5. The van der Waals surface area contributed by atoms with E-state index >= 15 is 0 Å². The number of aliphatic hydroxyl groups is 1. The molecule has 0 amide bonds. The maximum Gasteiger partial charge on any atom is 0.0591 e. The quantitative estimate of drug-likeness (QED) is 0.899. The molecule has 22 heavy (non-hydrogen) atoms. The van der Waals surface area contributed by atoms with Crippen molar-refractivity contribution in [1.29, 1.82) is 0 Å². The van der Waals surface area contributed by atoms with E-state index < -0.39 is 0 Å². The lowest BCUT2D eigenvalue weighted by atomic mass is 9.80. The molecule has 1 fully saturated rings. The molecule has 0 spiro atoms. The van der Waals surface area contributed by atoms with Crippen molar-refractivity contribution in [1.82, 2.24) is 4.90 Å². The highest BCUT2D eigenvalue weighted by atomic mass is 16.3. The van der Waals surface area contributed by atoms with E-state index in [4.69, 9.17) is 5.73 Å². The van der Waals surface area contributed by atoms with E-state index in [0.717, 1.165) is 32.5 Å². The van der Waals surface area contributed by atoms with Crippen LogP contribution in [0.4, 0.5) is 0 Å². The van der Waals surface area contributed by atoms with Crippen molar-refractivity contribution in [2.45, 2.75) is 59.2 Å². The second-order valence-corrected chi connectivity index (χ2v) is 8.16. The summed E-state index contributed by atoms with van der Waals surface area (Å²) in [6, 6.07) is 8.91. The van der Waals surface area contributed by atoms with Gasteiger partial charge < -0.3 is 10.8 Å². The van der Waals surface area contributed by atoms with Crippen LogP contribution >= 0.6 is 0 Å². The lowest BCUT2D eigenvalue weighted by Gasteiger charge is -2.39. The summed E-state index contributed by atoms with van der Waals surface area (Å²) in [7, 11) is 0. The van der Waals surface area contributed by atoms with Gasteiger partial charge in [-0.1, -0.05) is 50.6 Å². The van der Waals surface area contributed by atoms with E-state index in [1.807, 2.05) is 0 Å². The summed E-state index contributed by atoms with van der Waals surface area (Å²) >= 11 is 0. The fourth-order valence-corrected chi connectivity index (χ4v) is 3.39. The number of benzene rings is 1. The number of piperidine rings is 1. The molecule has 0 aliphatic carbocycles. The van der Waals surface area contributed by atoms with E-state index in [1.165, 1.54) is 11.1 Å². The monoisotopic (exact) mass is 304 g/mol. The molecule has 1 aliphatic heterocycles. The van der Waals surface area contributed by atoms with Crippen LogP contribution in [0.5, 0.6) is 0 Å². The van der Waals surface area contributed by atoms with Crippen molar-refractivity contribution in [3.05, 3.63) is 35.4 Å². The molecule has 3 heteroatoms. The Morgan fingerprint density at radius 3 is 2.68 bits per heavy atom. The van der Waals surface area contributed by atoms with Gasteiger partial charge in [-0.05, 0) is 36.7 Å². The fraction of sp³-hybridized carbons (Fsp3) is 0.684. The summed E-state index contributed by atoms with van der Waals surface area (Å²) in [6.07, 6.45) is 1.61. The number of nitrogens with two attached hydrogens (primary N) is 1. The van der Waals surface area contributed by atoms with Gasteiger partial charge in [0.1, 0.15) is 0 Å². The third-order valence-corrected chi connectivity index (χ3v) is 4.69. The smallest absolute Gasteiger partial charge is 0.0591 e. The third kappa shape index (κ3) is 5.08. The summed E-state index contributed by atoms with van der Waals surface area (Å²) in [5.41, 5.74) is 8.86. The Bertz CT molecular complexity index is 481. The molecular formula is C19H32N2O. The van der Waals surface area contributed by atoms with Crippen LogP contribution in [0.2, 0.25) is 0 Å². The molecule has 1 aromatic rings. The maximum atomic E-state index is 10.4. The lowest BCUT2D eigenvalue weighted by molar-refractivity contribution is 0.0233. The van der Waals surface area contributed by atoms with Crippen LogP contribution in [0.1, 0.15) is 44.7 Å². The first-order valence-electron chi connectivity index (χ1n) is 8.45. The van der Waals surface area contributed by atoms with Gasteiger partial charge in [-0.15, -0.1) is 0 Å². The summed E-state index contributed by atoms with van der Waals surface area (Å²) in [5, 5.41) is 10.4. The fourth-order valence-electron chi connectivity index (χ4n) is 3.39. The summed E-state index contributed by atoms with van der Waals surface area (Å²) < 4.78 is 0. The predicted molar refractivity (Wildman–Crippen MR) is 92.6 cm³/mol. The van der Waals surface area contributed by atoms with Crippen molar-refractivity contribution < 1.29 is 5.11 Å². The Kier molecular flexibility index (Phi) is 5.65. The minimum Gasteiger partial charge on any atom is -0.393 e. The van der Waals surface area contributed by atoms with Gasteiger partial charge in [0.2, 0.25) is 0 Å². The molecule has 1 heterocycles. The molecule has 1 saturated heterocycles. The van der Waals surface area contributed by atoms with Crippen LogP contribution in [0.25, 0.3) is 0 Å². The van der Waals surface area contributed by atoms with Crippen LogP contribution in [0.3, 0.4) is 0 Å². The topological polar surface area (TPSA) is 49.5 Å². The number of hydrogen-bond acceptors (Lipinski definition) is 3. The molecule has 3 N–H and O–H groups in total. The van der Waals surface area contributed by atoms with Crippen LogP contribution in [-0.4, -0.2) is 35.2 Å². The van der Waals surface area contributed by atoms with Gasteiger partial charge in [0, 0.05) is 25.7 Å². The number of nitrogens with zero attached hydrogens (tertiary/aromatic N) is 1. The Labute approximate surface area is 135 Å². The van der Waals surface area contributed by atoms with Gasteiger partial charge in [-0.2, -0.15) is 0 Å². The van der Waals surface area contributed by atoms with Crippen molar-refractivity contribution in [2.75, 3.05) is 13.1 Å².